The van der Waals surface area contributed by atoms with Crippen LogP contribution in [0.5, 0.6) is 5.75 Å². The normalized spacial score (nSPS) is 10.4. The van der Waals surface area contributed by atoms with E-state index in [4.69, 9.17) is 9.84 Å². The number of nitrogens with zero attached hydrogens (tertiary/aromatic N) is 2. The van der Waals surface area contributed by atoms with E-state index in [-0.39, 0.29) is 24.6 Å². The number of halogens is 1. The van der Waals surface area contributed by atoms with E-state index in [1.165, 1.54) is 4.40 Å². The molecule has 1 aromatic carbocycles. The largest absolute Gasteiger partial charge is 0.485 e. The third-order valence-corrected chi connectivity index (χ3v) is 3.72. The van der Waals surface area contributed by atoms with Gasteiger partial charge in [-0.15, -0.1) is 12.4 Å². The Balaban J connectivity index is 0.00000208. The second kappa shape index (κ2) is 7.95. The van der Waals surface area contributed by atoms with Crippen LogP contribution in [0.3, 0.4) is 0 Å². The molecule has 0 amide bonds. The van der Waals surface area contributed by atoms with Crippen LogP contribution < -0.4 is 10.3 Å². The molecule has 126 valence electrons. The zero-order valence-corrected chi connectivity index (χ0v) is 14.1. The maximum atomic E-state index is 12.5. The first-order chi connectivity index (χ1) is 11.2. The Morgan fingerprint density at radius 3 is 2.62 bits per heavy atom. The molecule has 2 aromatic heterocycles. The van der Waals surface area contributed by atoms with Crippen molar-refractivity contribution in [2.24, 2.45) is 0 Å². The molecule has 5 nitrogen and oxygen atoms in total. The molecule has 24 heavy (non-hydrogen) atoms. The standard InChI is InChI=1S/C18H18N2O3.ClH/c1-13-15(9-11-21)18(22)20-10-5-8-16(17(20)19-13)23-12-14-6-3-2-4-7-14;/h2-8,10,21H,9,11-12H2,1H3;1H. The number of hydrogen-bond donors (Lipinski definition) is 1. The fourth-order valence-electron chi connectivity index (χ4n) is 2.53. The van der Waals surface area contributed by atoms with Gasteiger partial charge < -0.3 is 9.84 Å². The van der Waals surface area contributed by atoms with E-state index < -0.39 is 0 Å². The topological polar surface area (TPSA) is 63.8 Å². The van der Waals surface area contributed by atoms with E-state index in [0.29, 0.717) is 35.7 Å². The van der Waals surface area contributed by atoms with Gasteiger partial charge in [0.25, 0.3) is 5.56 Å². The summed E-state index contributed by atoms with van der Waals surface area (Å²) in [5.74, 6) is 0.562. The molecule has 3 rings (SSSR count). The summed E-state index contributed by atoms with van der Waals surface area (Å²) in [6, 6.07) is 13.4. The Kier molecular flexibility index (Phi) is 5.95. The lowest BCUT2D eigenvalue weighted by molar-refractivity contribution is 0.298. The SMILES string of the molecule is Cc1nc2c(OCc3ccccc3)cccn2c(=O)c1CCO.Cl. The number of pyridine rings is 1. The second-order valence-electron chi connectivity index (χ2n) is 5.29. The number of aliphatic hydroxyl groups is 1. The number of ether oxygens (including phenoxy) is 1. The molecular weight excluding hydrogens is 328 g/mol. The van der Waals surface area contributed by atoms with Crippen molar-refractivity contribution in [2.45, 2.75) is 20.0 Å². The highest BCUT2D eigenvalue weighted by atomic mass is 35.5. The molecule has 3 aromatic rings. The summed E-state index contributed by atoms with van der Waals surface area (Å²) in [5.41, 5.74) is 2.54. The molecule has 0 fully saturated rings. The van der Waals surface area contributed by atoms with Gasteiger partial charge in [-0.2, -0.15) is 0 Å². The van der Waals surface area contributed by atoms with E-state index in [1.54, 1.807) is 25.3 Å². The fraction of sp³-hybridized carbons (Fsp3) is 0.222. The molecule has 0 aliphatic carbocycles. The quantitative estimate of drug-likeness (QED) is 0.771. The number of rotatable bonds is 5. The van der Waals surface area contributed by atoms with Crippen molar-refractivity contribution in [3.63, 3.8) is 0 Å². The summed E-state index contributed by atoms with van der Waals surface area (Å²) in [6.45, 7) is 2.11. The zero-order valence-electron chi connectivity index (χ0n) is 13.3. The summed E-state index contributed by atoms with van der Waals surface area (Å²) in [5, 5.41) is 9.10. The average molecular weight is 347 g/mol. The monoisotopic (exact) mass is 346 g/mol. The van der Waals surface area contributed by atoms with Crippen LogP contribution in [0.2, 0.25) is 0 Å². The number of hydrogen-bond acceptors (Lipinski definition) is 4. The van der Waals surface area contributed by atoms with Crippen molar-refractivity contribution in [1.82, 2.24) is 9.38 Å². The highest BCUT2D eigenvalue weighted by molar-refractivity contribution is 5.85. The van der Waals surface area contributed by atoms with Crippen molar-refractivity contribution in [1.29, 1.82) is 0 Å². The average Bonchev–Trinajstić information content (AvgIpc) is 2.58. The van der Waals surface area contributed by atoms with Gasteiger partial charge in [-0.3, -0.25) is 9.20 Å². The molecule has 0 radical (unpaired) electrons. The molecule has 0 aliphatic rings. The molecule has 0 atom stereocenters. The fourth-order valence-corrected chi connectivity index (χ4v) is 2.53. The highest BCUT2D eigenvalue weighted by Crippen LogP contribution is 2.19. The summed E-state index contributed by atoms with van der Waals surface area (Å²) in [4.78, 5) is 17.0. The third-order valence-electron chi connectivity index (χ3n) is 3.72. The minimum Gasteiger partial charge on any atom is -0.485 e. The molecule has 0 unspecified atom stereocenters. The van der Waals surface area contributed by atoms with Crippen LogP contribution in [0.1, 0.15) is 16.8 Å². The lowest BCUT2D eigenvalue weighted by atomic mass is 10.2. The molecule has 2 heterocycles. The Morgan fingerprint density at radius 1 is 1.17 bits per heavy atom. The van der Waals surface area contributed by atoms with Crippen molar-refractivity contribution >= 4 is 18.1 Å². The van der Waals surface area contributed by atoms with Gasteiger partial charge in [-0.25, -0.2) is 4.98 Å². The van der Waals surface area contributed by atoms with Crippen LogP contribution >= 0.6 is 12.4 Å². The molecule has 0 saturated heterocycles. The Bertz CT molecular complexity index is 879. The molecule has 0 bridgehead atoms. The van der Waals surface area contributed by atoms with Crippen LogP contribution in [-0.2, 0) is 13.0 Å². The predicted octanol–water partition coefficient (Wildman–Crippen LogP) is 2.54. The first-order valence-electron chi connectivity index (χ1n) is 7.49. The van der Waals surface area contributed by atoms with Gasteiger partial charge >= 0.3 is 0 Å². The zero-order chi connectivity index (χ0) is 16.2. The third kappa shape index (κ3) is 3.58. The summed E-state index contributed by atoms with van der Waals surface area (Å²) < 4.78 is 7.31. The minimum absolute atomic E-state index is 0. The van der Waals surface area contributed by atoms with Gasteiger partial charge in [0.15, 0.2) is 11.4 Å². The lowest BCUT2D eigenvalue weighted by Crippen LogP contribution is -2.22. The van der Waals surface area contributed by atoms with Crippen LogP contribution in [0.15, 0.2) is 53.5 Å². The minimum atomic E-state index is -0.160. The molecule has 6 heteroatoms. The van der Waals surface area contributed by atoms with Gasteiger partial charge in [-0.05, 0) is 24.6 Å². The van der Waals surface area contributed by atoms with Crippen molar-refractivity contribution in [3.05, 3.63) is 75.8 Å². The van der Waals surface area contributed by atoms with Crippen LogP contribution in [0, 0.1) is 6.92 Å². The highest BCUT2D eigenvalue weighted by Gasteiger charge is 2.12. The Labute approximate surface area is 146 Å². The van der Waals surface area contributed by atoms with Gasteiger partial charge in [-0.1, -0.05) is 30.3 Å². The first-order valence-corrected chi connectivity index (χ1v) is 7.49. The number of fused-ring (bicyclic) bond motifs is 1. The van der Waals surface area contributed by atoms with Crippen molar-refractivity contribution in [2.75, 3.05) is 6.61 Å². The smallest absolute Gasteiger partial charge is 0.261 e. The van der Waals surface area contributed by atoms with E-state index in [2.05, 4.69) is 4.98 Å². The maximum Gasteiger partial charge on any atom is 0.261 e. The van der Waals surface area contributed by atoms with E-state index >= 15 is 0 Å². The van der Waals surface area contributed by atoms with Gasteiger partial charge in [0.2, 0.25) is 0 Å². The van der Waals surface area contributed by atoms with Crippen molar-refractivity contribution in [3.8, 4) is 5.75 Å². The number of aryl methyl sites for hydroxylation is 1. The molecule has 0 saturated carbocycles. The van der Waals surface area contributed by atoms with E-state index in [9.17, 15) is 4.79 Å². The Hall–Kier alpha value is -2.37. The number of benzene rings is 1. The van der Waals surface area contributed by atoms with Gasteiger partial charge in [0.1, 0.15) is 6.61 Å². The molecule has 0 aliphatic heterocycles. The number of aliphatic hydroxyl groups excluding tert-OH is 1. The van der Waals surface area contributed by atoms with Crippen LogP contribution in [-0.4, -0.2) is 21.1 Å². The molecule has 1 N–H and O–H groups in total. The predicted molar refractivity (Wildman–Crippen MR) is 95.0 cm³/mol. The summed E-state index contributed by atoms with van der Waals surface area (Å²) in [7, 11) is 0. The van der Waals surface area contributed by atoms with E-state index in [0.717, 1.165) is 5.56 Å². The van der Waals surface area contributed by atoms with Gasteiger partial charge in [0.05, 0.1) is 0 Å². The van der Waals surface area contributed by atoms with Gasteiger partial charge in [0, 0.05) is 30.5 Å². The van der Waals surface area contributed by atoms with E-state index in [1.807, 2.05) is 30.3 Å². The molecule has 0 spiro atoms. The maximum absolute atomic E-state index is 12.5. The molecular formula is C18H19ClN2O3. The Morgan fingerprint density at radius 2 is 1.92 bits per heavy atom. The summed E-state index contributed by atoms with van der Waals surface area (Å²) in [6.07, 6.45) is 1.97. The first kappa shape index (κ1) is 18.0. The van der Waals surface area contributed by atoms with Crippen LogP contribution in [0.25, 0.3) is 5.65 Å². The summed E-state index contributed by atoms with van der Waals surface area (Å²) >= 11 is 0. The van der Waals surface area contributed by atoms with Crippen molar-refractivity contribution < 1.29 is 9.84 Å². The number of aromatic nitrogens is 2. The second-order valence-corrected chi connectivity index (χ2v) is 5.29. The van der Waals surface area contributed by atoms with Crippen LogP contribution in [0.4, 0.5) is 0 Å². The lowest BCUT2D eigenvalue weighted by Gasteiger charge is -2.12.